The lowest BCUT2D eigenvalue weighted by molar-refractivity contribution is 0.0760. The summed E-state index contributed by atoms with van der Waals surface area (Å²) in [5, 5.41) is 15.4. The lowest BCUT2D eigenvalue weighted by atomic mass is 9.88. The van der Waals surface area contributed by atoms with Gasteiger partial charge in [-0.3, -0.25) is 0 Å². The Bertz CT molecular complexity index is 941. The van der Waals surface area contributed by atoms with Crippen LogP contribution < -0.4 is 10.6 Å². The molecule has 2 heterocycles. The second kappa shape index (κ2) is 12.4. The van der Waals surface area contributed by atoms with Crippen molar-refractivity contribution in [1.29, 1.82) is 0 Å². The number of benzene rings is 2. The van der Waals surface area contributed by atoms with Gasteiger partial charge in [0.25, 0.3) is 0 Å². The van der Waals surface area contributed by atoms with E-state index in [1.54, 1.807) is 12.1 Å². The van der Waals surface area contributed by atoms with Crippen molar-refractivity contribution in [2.75, 3.05) is 51.2 Å². The van der Waals surface area contributed by atoms with Crippen LogP contribution in [0.25, 0.3) is 0 Å². The van der Waals surface area contributed by atoms with E-state index in [4.69, 9.17) is 0 Å². The van der Waals surface area contributed by atoms with E-state index in [0.717, 1.165) is 58.4 Å². The highest BCUT2D eigenvalue weighted by Gasteiger charge is 2.33. The topological polar surface area (TPSA) is 67.8 Å². The lowest BCUT2D eigenvalue weighted by Gasteiger charge is -2.42. The standard InChI is InChI=1S/C27H36F2N4O2/c28-23-5-3-20(4-6-23)16-21-2-1-12-33(17-21)19-22-18-32(14-15-34)13-11-26(22)31-27(35)30-25-9-7-24(29)8-10-25/h3-10,21-22,26,34H,1-2,11-19H2,(H2,30,31,35)/t21-,22-,26+/m0/s1. The van der Waals surface area contributed by atoms with E-state index < -0.39 is 0 Å². The van der Waals surface area contributed by atoms with Gasteiger partial charge in [0.05, 0.1) is 6.61 Å². The molecule has 2 fully saturated rings. The summed E-state index contributed by atoms with van der Waals surface area (Å²) in [5.41, 5.74) is 1.72. The van der Waals surface area contributed by atoms with E-state index in [0.29, 0.717) is 18.2 Å². The number of hydrogen-bond acceptors (Lipinski definition) is 4. The van der Waals surface area contributed by atoms with E-state index >= 15 is 0 Å². The minimum Gasteiger partial charge on any atom is -0.395 e. The number of β-amino-alcohol motifs (C(OH)–C–C–N with tert-alkyl or cyclic N) is 1. The first kappa shape index (κ1) is 25.5. The van der Waals surface area contributed by atoms with Gasteiger partial charge in [-0.05, 0) is 80.1 Å². The number of hydrogen-bond donors (Lipinski definition) is 3. The minimum absolute atomic E-state index is 0.0165. The van der Waals surface area contributed by atoms with E-state index in [9.17, 15) is 18.7 Å². The number of likely N-dealkylation sites (tertiary alicyclic amines) is 2. The molecule has 0 aliphatic carbocycles. The number of anilines is 1. The largest absolute Gasteiger partial charge is 0.395 e. The number of nitrogens with one attached hydrogen (secondary N) is 2. The third-order valence-corrected chi connectivity index (χ3v) is 7.19. The number of carbonyl (C=O) groups is 1. The lowest BCUT2D eigenvalue weighted by Crippen LogP contribution is -2.56. The molecule has 2 aliphatic heterocycles. The maximum absolute atomic E-state index is 13.3. The van der Waals surface area contributed by atoms with Gasteiger partial charge in [-0.15, -0.1) is 0 Å². The highest BCUT2D eigenvalue weighted by molar-refractivity contribution is 5.89. The molecule has 0 aromatic heterocycles. The molecular formula is C27H36F2N4O2. The fourth-order valence-corrected chi connectivity index (χ4v) is 5.47. The first-order chi connectivity index (χ1) is 17.0. The maximum Gasteiger partial charge on any atom is 0.319 e. The average Bonchev–Trinajstić information content (AvgIpc) is 2.84. The molecule has 3 N–H and O–H groups in total. The van der Waals surface area contributed by atoms with Gasteiger partial charge in [-0.25, -0.2) is 13.6 Å². The Balaban J connectivity index is 1.35. The number of aliphatic hydroxyl groups is 1. The number of carbonyl (C=O) groups excluding carboxylic acids is 1. The predicted octanol–water partition coefficient (Wildman–Crippen LogP) is 3.72. The zero-order valence-corrected chi connectivity index (χ0v) is 20.1. The number of aliphatic hydroxyl groups excluding tert-OH is 1. The van der Waals surface area contributed by atoms with Crippen LogP contribution in [0, 0.1) is 23.5 Å². The molecule has 3 atom stereocenters. The van der Waals surface area contributed by atoms with Crippen molar-refractivity contribution in [1.82, 2.24) is 15.1 Å². The molecule has 2 saturated heterocycles. The molecule has 2 aliphatic rings. The predicted molar refractivity (Wildman–Crippen MR) is 133 cm³/mol. The van der Waals surface area contributed by atoms with E-state index in [-0.39, 0.29) is 36.2 Å². The highest BCUT2D eigenvalue weighted by Crippen LogP contribution is 2.25. The molecule has 6 nitrogen and oxygen atoms in total. The van der Waals surface area contributed by atoms with Crippen LogP contribution in [0.5, 0.6) is 0 Å². The van der Waals surface area contributed by atoms with Gasteiger partial charge < -0.3 is 25.5 Å². The molecule has 8 heteroatoms. The fourth-order valence-electron chi connectivity index (χ4n) is 5.47. The number of nitrogens with zero attached hydrogens (tertiary/aromatic N) is 2. The Kier molecular flexibility index (Phi) is 9.06. The number of piperidine rings is 2. The maximum atomic E-state index is 13.3. The summed E-state index contributed by atoms with van der Waals surface area (Å²) in [7, 11) is 0. The molecule has 0 bridgehead atoms. The van der Waals surface area contributed by atoms with Crippen LogP contribution >= 0.6 is 0 Å². The van der Waals surface area contributed by atoms with Crippen LogP contribution in [0.1, 0.15) is 24.8 Å². The van der Waals surface area contributed by atoms with Crippen molar-refractivity contribution in [3.63, 3.8) is 0 Å². The molecule has 35 heavy (non-hydrogen) atoms. The summed E-state index contributed by atoms with van der Waals surface area (Å²) >= 11 is 0. The molecule has 2 amide bonds. The number of amides is 2. The number of rotatable bonds is 8. The molecule has 0 radical (unpaired) electrons. The summed E-state index contributed by atoms with van der Waals surface area (Å²) in [4.78, 5) is 17.4. The summed E-state index contributed by atoms with van der Waals surface area (Å²) in [5.74, 6) is 0.218. The van der Waals surface area contributed by atoms with Crippen LogP contribution in [0.15, 0.2) is 48.5 Å². The molecule has 0 spiro atoms. The second-order valence-corrected chi connectivity index (χ2v) is 9.88. The molecule has 4 rings (SSSR count). The summed E-state index contributed by atoms with van der Waals surface area (Å²) < 4.78 is 26.4. The molecule has 2 aromatic carbocycles. The number of urea groups is 1. The van der Waals surface area contributed by atoms with Crippen molar-refractivity contribution < 1.29 is 18.7 Å². The summed E-state index contributed by atoms with van der Waals surface area (Å²) in [6, 6.07) is 12.3. The van der Waals surface area contributed by atoms with E-state index in [1.165, 1.54) is 29.8 Å². The van der Waals surface area contributed by atoms with Crippen molar-refractivity contribution in [3.05, 3.63) is 65.7 Å². The SMILES string of the molecule is O=C(Nc1ccc(F)cc1)N[C@@H]1CCN(CCO)C[C@H]1CN1CCC[C@@H](Cc2ccc(F)cc2)C1. The first-order valence-electron chi connectivity index (χ1n) is 12.6. The normalized spacial score (nSPS) is 23.7. The van der Waals surface area contributed by atoms with Gasteiger partial charge in [0.2, 0.25) is 0 Å². The molecular weight excluding hydrogens is 450 g/mol. The first-order valence-corrected chi connectivity index (χ1v) is 12.6. The van der Waals surface area contributed by atoms with Crippen molar-refractivity contribution in [3.8, 4) is 0 Å². The van der Waals surface area contributed by atoms with E-state index in [2.05, 4.69) is 20.4 Å². The van der Waals surface area contributed by atoms with Gasteiger partial charge in [0.1, 0.15) is 11.6 Å². The van der Waals surface area contributed by atoms with Crippen molar-refractivity contribution in [2.45, 2.75) is 31.7 Å². The zero-order chi connectivity index (χ0) is 24.6. The third kappa shape index (κ3) is 7.72. The van der Waals surface area contributed by atoms with Crippen LogP contribution in [0.4, 0.5) is 19.3 Å². The van der Waals surface area contributed by atoms with Gasteiger partial charge in [0, 0.05) is 50.4 Å². The van der Waals surface area contributed by atoms with Crippen LogP contribution in [-0.2, 0) is 6.42 Å². The third-order valence-electron chi connectivity index (χ3n) is 7.19. The average molecular weight is 487 g/mol. The Hall–Kier alpha value is -2.55. The molecule has 0 unspecified atom stereocenters. The van der Waals surface area contributed by atoms with Crippen molar-refractivity contribution >= 4 is 11.7 Å². The molecule has 0 saturated carbocycles. The van der Waals surface area contributed by atoms with Crippen LogP contribution in [-0.4, -0.2) is 72.9 Å². The smallest absolute Gasteiger partial charge is 0.319 e. The van der Waals surface area contributed by atoms with E-state index in [1.807, 2.05) is 12.1 Å². The fraction of sp³-hybridized carbons (Fsp3) is 0.519. The summed E-state index contributed by atoms with van der Waals surface area (Å²) in [6.07, 6.45) is 4.05. The van der Waals surface area contributed by atoms with Crippen molar-refractivity contribution in [2.24, 2.45) is 11.8 Å². The molecule has 2 aromatic rings. The van der Waals surface area contributed by atoms with Gasteiger partial charge in [-0.1, -0.05) is 12.1 Å². The Morgan fingerprint density at radius 3 is 2.37 bits per heavy atom. The second-order valence-electron chi connectivity index (χ2n) is 9.88. The van der Waals surface area contributed by atoms with Crippen LogP contribution in [0.2, 0.25) is 0 Å². The quantitative estimate of drug-likeness (QED) is 0.532. The summed E-state index contributed by atoms with van der Waals surface area (Å²) in [6.45, 7) is 5.31. The Morgan fingerprint density at radius 1 is 0.943 bits per heavy atom. The van der Waals surface area contributed by atoms with Gasteiger partial charge >= 0.3 is 6.03 Å². The van der Waals surface area contributed by atoms with Crippen LogP contribution in [0.3, 0.4) is 0 Å². The monoisotopic (exact) mass is 486 g/mol. The van der Waals surface area contributed by atoms with Gasteiger partial charge in [-0.2, -0.15) is 0 Å². The molecule has 190 valence electrons. The Morgan fingerprint density at radius 2 is 1.66 bits per heavy atom. The zero-order valence-electron chi connectivity index (χ0n) is 20.1. The minimum atomic E-state index is -0.341. The Labute approximate surface area is 206 Å². The highest BCUT2D eigenvalue weighted by atomic mass is 19.1. The van der Waals surface area contributed by atoms with Gasteiger partial charge in [0.15, 0.2) is 0 Å². The number of halogens is 2.